The molecule has 1 saturated carbocycles. The number of carbonyl (C=O) groups is 2. The highest BCUT2D eigenvalue weighted by molar-refractivity contribution is 6.06. The van der Waals surface area contributed by atoms with Gasteiger partial charge in [0.15, 0.2) is 11.4 Å². The van der Waals surface area contributed by atoms with Crippen LogP contribution in [0.4, 0.5) is 0 Å². The van der Waals surface area contributed by atoms with Gasteiger partial charge in [-0.2, -0.15) is 5.10 Å². The smallest absolute Gasteiger partial charge is 0.252 e. The Kier molecular flexibility index (Phi) is 6.34. The molecule has 2 N–H and O–H groups in total. The van der Waals surface area contributed by atoms with E-state index >= 15 is 0 Å². The maximum absolute atomic E-state index is 13.0. The van der Waals surface area contributed by atoms with Crippen molar-refractivity contribution in [3.8, 4) is 11.5 Å². The summed E-state index contributed by atoms with van der Waals surface area (Å²) in [6.07, 6.45) is 8.63. The Labute approximate surface area is 181 Å². The molecule has 3 aromatic heterocycles. The van der Waals surface area contributed by atoms with Crippen molar-refractivity contribution in [2.24, 2.45) is 5.92 Å². The van der Waals surface area contributed by atoms with Crippen molar-refractivity contribution in [3.05, 3.63) is 36.2 Å². The molecule has 8 nitrogen and oxygen atoms in total. The zero-order valence-corrected chi connectivity index (χ0v) is 18.1. The van der Waals surface area contributed by atoms with Crippen LogP contribution >= 0.6 is 0 Å². The van der Waals surface area contributed by atoms with Crippen molar-refractivity contribution in [2.75, 3.05) is 13.1 Å². The summed E-state index contributed by atoms with van der Waals surface area (Å²) in [6.45, 7) is 4.80. The van der Waals surface area contributed by atoms with E-state index < -0.39 is 0 Å². The van der Waals surface area contributed by atoms with E-state index in [0.29, 0.717) is 41.1 Å². The molecule has 1 aliphatic carbocycles. The highest BCUT2D eigenvalue weighted by Gasteiger charge is 2.21. The first-order valence-corrected chi connectivity index (χ1v) is 11.0. The third kappa shape index (κ3) is 4.62. The zero-order chi connectivity index (χ0) is 21.8. The van der Waals surface area contributed by atoms with Gasteiger partial charge in [0.1, 0.15) is 5.69 Å². The van der Waals surface area contributed by atoms with E-state index in [-0.39, 0.29) is 23.8 Å². The number of hydrogen-bond donors (Lipinski definition) is 2. The average molecular weight is 424 g/mol. The SMILES string of the molecule is CC(C)n1ncc2c(C(=O)NCCNC(=O)C3CCCCC3)cc(-c3ccco3)nc21. The molecule has 0 atom stereocenters. The number of furan rings is 1. The summed E-state index contributed by atoms with van der Waals surface area (Å²) in [5, 5.41) is 11.0. The Morgan fingerprint density at radius 1 is 1.19 bits per heavy atom. The number of aromatic nitrogens is 3. The van der Waals surface area contributed by atoms with Crippen LogP contribution in [0.25, 0.3) is 22.5 Å². The Balaban J connectivity index is 1.47. The first kappa shape index (κ1) is 21.1. The normalized spacial score (nSPS) is 14.8. The summed E-state index contributed by atoms with van der Waals surface area (Å²) in [5.74, 6) is 0.572. The van der Waals surface area contributed by atoms with Crippen LogP contribution in [0.2, 0.25) is 0 Å². The van der Waals surface area contributed by atoms with Crippen molar-refractivity contribution in [1.29, 1.82) is 0 Å². The summed E-state index contributed by atoms with van der Waals surface area (Å²) in [7, 11) is 0. The van der Waals surface area contributed by atoms with Gasteiger partial charge in [-0.1, -0.05) is 19.3 Å². The van der Waals surface area contributed by atoms with Crippen molar-refractivity contribution in [3.63, 3.8) is 0 Å². The van der Waals surface area contributed by atoms with Crippen LogP contribution in [0.15, 0.2) is 35.1 Å². The Morgan fingerprint density at radius 3 is 2.68 bits per heavy atom. The maximum Gasteiger partial charge on any atom is 0.252 e. The van der Waals surface area contributed by atoms with Gasteiger partial charge in [0.25, 0.3) is 5.91 Å². The second-order valence-electron chi connectivity index (χ2n) is 8.33. The minimum absolute atomic E-state index is 0.0959. The van der Waals surface area contributed by atoms with E-state index in [4.69, 9.17) is 4.42 Å². The van der Waals surface area contributed by atoms with Gasteiger partial charge in [0.2, 0.25) is 5.91 Å². The fourth-order valence-electron chi connectivity index (χ4n) is 4.10. The zero-order valence-electron chi connectivity index (χ0n) is 18.1. The summed E-state index contributed by atoms with van der Waals surface area (Å²) in [5.41, 5.74) is 1.71. The van der Waals surface area contributed by atoms with Crippen LogP contribution in [0.5, 0.6) is 0 Å². The largest absolute Gasteiger partial charge is 0.463 e. The first-order valence-electron chi connectivity index (χ1n) is 11.0. The monoisotopic (exact) mass is 423 g/mol. The fourth-order valence-corrected chi connectivity index (χ4v) is 4.10. The molecule has 0 aromatic carbocycles. The molecule has 3 heterocycles. The molecule has 3 aromatic rings. The van der Waals surface area contributed by atoms with Crippen LogP contribution in [-0.2, 0) is 4.79 Å². The van der Waals surface area contributed by atoms with Crippen molar-refractivity contribution in [2.45, 2.75) is 52.0 Å². The van der Waals surface area contributed by atoms with Crippen LogP contribution < -0.4 is 10.6 Å². The topological polar surface area (TPSA) is 102 Å². The number of nitrogens with zero attached hydrogens (tertiary/aromatic N) is 3. The lowest BCUT2D eigenvalue weighted by molar-refractivity contribution is -0.125. The quantitative estimate of drug-likeness (QED) is 0.564. The fraction of sp³-hybridized carbons (Fsp3) is 0.478. The molecule has 0 radical (unpaired) electrons. The van der Waals surface area contributed by atoms with E-state index in [0.717, 1.165) is 25.7 Å². The Hall–Kier alpha value is -3.16. The summed E-state index contributed by atoms with van der Waals surface area (Å²) >= 11 is 0. The molecular weight excluding hydrogens is 394 g/mol. The minimum Gasteiger partial charge on any atom is -0.463 e. The van der Waals surface area contributed by atoms with Crippen LogP contribution in [-0.4, -0.2) is 39.7 Å². The van der Waals surface area contributed by atoms with Gasteiger partial charge in [-0.25, -0.2) is 9.67 Å². The summed E-state index contributed by atoms with van der Waals surface area (Å²) in [4.78, 5) is 29.9. The third-order valence-corrected chi connectivity index (χ3v) is 5.76. The molecule has 1 fully saturated rings. The minimum atomic E-state index is -0.226. The summed E-state index contributed by atoms with van der Waals surface area (Å²) in [6, 6.07) is 5.43. The number of fused-ring (bicyclic) bond motifs is 1. The van der Waals surface area contributed by atoms with E-state index in [1.807, 2.05) is 19.9 Å². The predicted molar refractivity (Wildman–Crippen MR) is 118 cm³/mol. The van der Waals surface area contributed by atoms with Gasteiger partial charge in [0, 0.05) is 25.0 Å². The number of hydrogen-bond acceptors (Lipinski definition) is 5. The predicted octanol–water partition coefficient (Wildman–Crippen LogP) is 3.70. The van der Waals surface area contributed by atoms with E-state index in [9.17, 15) is 9.59 Å². The van der Waals surface area contributed by atoms with Crippen molar-refractivity contribution < 1.29 is 14.0 Å². The highest BCUT2D eigenvalue weighted by atomic mass is 16.3. The Morgan fingerprint density at radius 2 is 1.97 bits per heavy atom. The van der Waals surface area contributed by atoms with Gasteiger partial charge >= 0.3 is 0 Å². The maximum atomic E-state index is 13.0. The average Bonchev–Trinajstić information content (AvgIpc) is 3.46. The van der Waals surface area contributed by atoms with E-state index in [1.165, 1.54) is 6.42 Å². The van der Waals surface area contributed by atoms with Gasteiger partial charge < -0.3 is 15.1 Å². The van der Waals surface area contributed by atoms with Crippen LogP contribution in [0, 0.1) is 5.92 Å². The molecule has 0 unspecified atom stereocenters. The third-order valence-electron chi connectivity index (χ3n) is 5.76. The molecule has 1 aliphatic rings. The second-order valence-corrected chi connectivity index (χ2v) is 8.33. The number of amides is 2. The molecule has 0 bridgehead atoms. The molecule has 0 aliphatic heterocycles. The lowest BCUT2D eigenvalue weighted by Crippen LogP contribution is -2.38. The van der Waals surface area contributed by atoms with E-state index in [1.54, 1.807) is 29.3 Å². The molecule has 164 valence electrons. The van der Waals surface area contributed by atoms with Crippen molar-refractivity contribution in [1.82, 2.24) is 25.4 Å². The van der Waals surface area contributed by atoms with E-state index in [2.05, 4.69) is 20.7 Å². The standard InChI is InChI=1S/C23H29N5O3/c1-15(2)28-21-18(14-26-28)17(13-19(27-21)20-9-6-12-31-20)23(30)25-11-10-24-22(29)16-7-4-3-5-8-16/h6,9,12-16H,3-5,7-8,10-11H2,1-2H3,(H,24,29)(H,25,30). The lowest BCUT2D eigenvalue weighted by atomic mass is 9.89. The van der Waals surface area contributed by atoms with Gasteiger partial charge in [-0.15, -0.1) is 0 Å². The lowest BCUT2D eigenvalue weighted by Gasteiger charge is -2.20. The van der Waals surface area contributed by atoms with Crippen molar-refractivity contribution >= 4 is 22.8 Å². The highest BCUT2D eigenvalue weighted by Crippen LogP contribution is 2.27. The van der Waals surface area contributed by atoms with Gasteiger partial charge in [0.05, 0.1) is 23.4 Å². The number of nitrogens with one attached hydrogen (secondary N) is 2. The van der Waals surface area contributed by atoms with Crippen LogP contribution in [0.3, 0.4) is 0 Å². The number of pyridine rings is 1. The molecule has 8 heteroatoms. The number of rotatable bonds is 7. The molecule has 31 heavy (non-hydrogen) atoms. The second kappa shape index (κ2) is 9.32. The van der Waals surface area contributed by atoms with Gasteiger partial charge in [-0.3, -0.25) is 9.59 Å². The van der Waals surface area contributed by atoms with Crippen LogP contribution in [0.1, 0.15) is 62.4 Å². The molecule has 0 spiro atoms. The molecule has 4 rings (SSSR count). The molecule has 2 amide bonds. The molecule has 0 saturated heterocycles. The van der Waals surface area contributed by atoms with Gasteiger partial charge in [-0.05, 0) is 44.9 Å². The summed E-state index contributed by atoms with van der Waals surface area (Å²) < 4.78 is 7.29. The molecular formula is C23H29N5O3. The first-order chi connectivity index (χ1) is 15.0. The number of carbonyl (C=O) groups excluding carboxylic acids is 2. The Bertz CT molecular complexity index is 1050.